The van der Waals surface area contributed by atoms with Crippen LogP contribution in [0.3, 0.4) is 0 Å². The van der Waals surface area contributed by atoms with E-state index in [9.17, 15) is 4.79 Å². The van der Waals surface area contributed by atoms with E-state index in [0.717, 1.165) is 0 Å². The summed E-state index contributed by atoms with van der Waals surface area (Å²) in [5, 5.41) is 11.4. The predicted molar refractivity (Wildman–Crippen MR) is 47.7 cm³/mol. The molecule has 0 aromatic rings. The van der Waals surface area contributed by atoms with Crippen molar-refractivity contribution in [2.45, 2.75) is 19.4 Å². The van der Waals surface area contributed by atoms with Gasteiger partial charge in [0, 0.05) is 12.6 Å². The smallest absolute Gasteiger partial charge is 0.243 e. The number of hydrogen-bond donors (Lipinski definition) is 2. The second-order valence-electron chi connectivity index (χ2n) is 2.74. The van der Waals surface area contributed by atoms with E-state index < -0.39 is 5.91 Å². The summed E-state index contributed by atoms with van der Waals surface area (Å²) in [4.78, 5) is 10.2. The zero-order chi connectivity index (χ0) is 10.1. The van der Waals surface area contributed by atoms with Gasteiger partial charge in [0.05, 0.1) is 19.1 Å². The number of nitrogens with one attached hydrogen (secondary N) is 1. The van der Waals surface area contributed by atoms with E-state index in [1.165, 1.54) is 0 Å². The summed E-state index contributed by atoms with van der Waals surface area (Å²) in [5.41, 5.74) is 4.85. The first-order chi connectivity index (χ1) is 6.16. The molecule has 0 heterocycles. The van der Waals surface area contributed by atoms with Crippen LogP contribution in [0, 0.1) is 11.3 Å². The van der Waals surface area contributed by atoms with Crippen molar-refractivity contribution in [3.63, 3.8) is 0 Å². The molecule has 0 radical (unpaired) electrons. The number of nitriles is 1. The van der Waals surface area contributed by atoms with Crippen LogP contribution in [-0.2, 0) is 9.53 Å². The van der Waals surface area contributed by atoms with E-state index in [1.54, 1.807) is 0 Å². The maximum Gasteiger partial charge on any atom is 0.243 e. The van der Waals surface area contributed by atoms with Crippen LogP contribution in [0.1, 0.15) is 13.3 Å². The van der Waals surface area contributed by atoms with Gasteiger partial charge in [-0.2, -0.15) is 5.26 Å². The quantitative estimate of drug-likeness (QED) is 0.517. The van der Waals surface area contributed by atoms with Gasteiger partial charge >= 0.3 is 0 Å². The number of nitrogens with zero attached hydrogens (tertiary/aromatic N) is 1. The lowest BCUT2D eigenvalue weighted by Gasteiger charge is -2.09. The summed E-state index contributed by atoms with van der Waals surface area (Å²) in [7, 11) is 0. The van der Waals surface area contributed by atoms with E-state index in [2.05, 4.69) is 5.32 Å². The molecule has 1 atom stereocenters. The highest BCUT2D eigenvalue weighted by Gasteiger charge is 1.99. The van der Waals surface area contributed by atoms with Crippen LogP contribution >= 0.6 is 0 Å². The lowest BCUT2D eigenvalue weighted by Crippen LogP contribution is -2.30. The minimum absolute atomic E-state index is 0.0473. The molecule has 5 heteroatoms. The Balaban J connectivity index is 3.16. The Bertz CT molecular complexity index is 188. The summed E-state index contributed by atoms with van der Waals surface area (Å²) in [6.07, 6.45) is 0.468. The van der Waals surface area contributed by atoms with Crippen LogP contribution in [0.5, 0.6) is 0 Å². The molecule has 0 spiro atoms. The first kappa shape index (κ1) is 11.9. The van der Waals surface area contributed by atoms with Gasteiger partial charge in [0.1, 0.15) is 6.61 Å². The zero-order valence-electron chi connectivity index (χ0n) is 7.75. The first-order valence-corrected chi connectivity index (χ1v) is 4.13. The molecule has 0 saturated carbocycles. The van der Waals surface area contributed by atoms with Gasteiger partial charge < -0.3 is 15.8 Å². The van der Waals surface area contributed by atoms with E-state index in [1.807, 2.05) is 13.0 Å². The van der Waals surface area contributed by atoms with E-state index in [0.29, 0.717) is 19.6 Å². The van der Waals surface area contributed by atoms with Gasteiger partial charge in [-0.1, -0.05) is 0 Å². The van der Waals surface area contributed by atoms with Crippen LogP contribution in [0.15, 0.2) is 0 Å². The maximum atomic E-state index is 10.2. The molecule has 0 aliphatic heterocycles. The second kappa shape index (κ2) is 7.53. The molecule has 0 aromatic heterocycles. The third-order valence-corrected chi connectivity index (χ3v) is 1.38. The summed E-state index contributed by atoms with van der Waals surface area (Å²) in [6.45, 7) is 2.92. The molecule has 1 unspecified atom stereocenters. The van der Waals surface area contributed by atoms with E-state index in [-0.39, 0.29) is 12.6 Å². The van der Waals surface area contributed by atoms with Gasteiger partial charge in [0.15, 0.2) is 0 Å². The topological polar surface area (TPSA) is 88.1 Å². The van der Waals surface area contributed by atoms with Crippen molar-refractivity contribution >= 4 is 5.91 Å². The van der Waals surface area contributed by atoms with E-state index >= 15 is 0 Å². The lowest BCUT2D eigenvalue weighted by atomic mass is 10.2. The van der Waals surface area contributed by atoms with Crippen molar-refractivity contribution in [1.82, 2.24) is 5.32 Å². The van der Waals surface area contributed by atoms with Gasteiger partial charge in [-0.05, 0) is 6.92 Å². The number of amides is 1. The Morgan fingerprint density at radius 3 is 3.00 bits per heavy atom. The van der Waals surface area contributed by atoms with Gasteiger partial charge in [-0.3, -0.25) is 4.79 Å². The summed E-state index contributed by atoms with van der Waals surface area (Å²) in [6, 6.07) is 2.20. The Morgan fingerprint density at radius 1 is 1.77 bits per heavy atom. The molecule has 0 aliphatic carbocycles. The minimum atomic E-state index is -0.468. The van der Waals surface area contributed by atoms with Gasteiger partial charge in [-0.15, -0.1) is 0 Å². The van der Waals surface area contributed by atoms with Crippen LogP contribution in [-0.4, -0.2) is 31.7 Å². The average molecular weight is 185 g/mol. The molecule has 0 bridgehead atoms. The van der Waals surface area contributed by atoms with Crippen molar-refractivity contribution in [3.8, 4) is 6.07 Å². The fourth-order valence-electron chi connectivity index (χ4n) is 0.759. The number of rotatable bonds is 7. The van der Waals surface area contributed by atoms with Crippen LogP contribution in [0.2, 0.25) is 0 Å². The number of ether oxygens (including phenoxy) is 1. The molecule has 0 fully saturated rings. The van der Waals surface area contributed by atoms with Crippen LogP contribution < -0.4 is 11.1 Å². The van der Waals surface area contributed by atoms with Crippen molar-refractivity contribution < 1.29 is 9.53 Å². The molecule has 0 saturated heterocycles. The fraction of sp³-hybridized carbons (Fsp3) is 0.750. The summed E-state index contributed by atoms with van der Waals surface area (Å²) in [5.74, 6) is -0.468. The molecular formula is C8H15N3O2. The van der Waals surface area contributed by atoms with Crippen LogP contribution in [0.25, 0.3) is 0 Å². The molecule has 1 amide bonds. The van der Waals surface area contributed by atoms with Crippen molar-refractivity contribution in [1.29, 1.82) is 5.26 Å². The second-order valence-corrected chi connectivity index (χ2v) is 2.74. The Labute approximate surface area is 77.9 Å². The monoisotopic (exact) mass is 185 g/mol. The largest absolute Gasteiger partial charge is 0.370 e. The fourth-order valence-corrected chi connectivity index (χ4v) is 0.759. The molecule has 0 rings (SSSR count). The third kappa shape index (κ3) is 8.79. The van der Waals surface area contributed by atoms with Crippen molar-refractivity contribution in [2.75, 3.05) is 19.8 Å². The number of carbonyl (C=O) groups is 1. The molecule has 0 aromatic carbocycles. The Kier molecular flexibility index (Phi) is 6.88. The van der Waals surface area contributed by atoms with Gasteiger partial charge in [0.2, 0.25) is 5.91 Å². The molecule has 3 N–H and O–H groups in total. The normalized spacial score (nSPS) is 12.0. The summed E-state index contributed by atoms with van der Waals surface area (Å²) < 4.78 is 4.90. The van der Waals surface area contributed by atoms with Gasteiger partial charge in [-0.25, -0.2) is 0 Å². The van der Waals surface area contributed by atoms with Gasteiger partial charge in [0.25, 0.3) is 0 Å². The first-order valence-electron chi connectivity index (χ1n) is 4.13. The number of primary amides is 1. The average Bonchev–Trinajstić information content (AvgIpc) is 2.03. The van der Waals surface area contributed by atoms with Crippen molar-refractivity contribution in [2.24, 2.45) is 5.73 Å². The highest BCUT2D eigenvalue weighted by atomic mass is 16.5. The van der Waals surface area contributed by atoms with E-state index in [4.69, 9.17) is 15.7 Å². The molecular weight excluding hydrogens is 170 g/mol. The standard InChI is InChI=1S/C8H15N3O2/c1-7(2-3-9)11-4-5-13-6-8(10)12/h7,11H,2,4-6H2,1H3,(H2,10,12). The Morgan fingerprint density at radius 2 is 2.46 bits per heavy atom. The molecule has 74 valence electrons. The number of nitrogens with two attached hydrogens (primary N) is 1. The lowest BCUT2D eigenvalue weighted by molar-refractivity contribution is -0.122. The molecule has 5 nitrogen and oxygen atoms in total. The highest BCUT2D eigenvalue weighted by Crippen LogP contribution is 1.86. The van der Waals surface area contributed by atoms with Crippen molar-refractivity contribution in [3.05, 3.63) is 0 Å². The Hall–Kier alpha value is -1.12. The number of carbonyl (C=O) groups excluding carboxylic acids is 1. The van der Waals surface area contributed by atoms with Crippen LogP contribution in [0.4, 0.5) is 0 Å². The zero-order valence-corrected chi connectivity index (χ0v) is 7.75. The maximum absolute atomic E-state index is 10.2. The summed E-state index contributed by atoms with van der Waals surface area (Å²) >= 11 is 0. The highest BCUT2D eigenvalue weighted by molar-refractivity contribution is 5.74. The minimum Gasteiger partial charge on any atom is -0.370 e. The number of hydrogen-bond acceptors (Lipinski definition) is 4. The molecule has 0 aliphatic rings. The third-order valence-electron chi connectivity index (χ3n) is 1.38. The predicted octanol–water partition coefficient (Wildman–Crippen LogP) is -0.620. The SMILES string of the molecule is CC(CC#N)NCCOCC(N)=O. The molecule has 13 heavy (non-hydrogen) atoms.